The van der Waals surface area contributed by atoms with Crippen molar-refractivity contribution in [3.8, 4) is 5.75 Å². The Morgan fingerprint density at radius 1 is 1.33 bits per heavy atom. The number of carboxylic acid groups (broad SMARTS) is 2. The van der Waals surface area contributed by atoms with Gasteiger partial charge in [0.25, 0.3) is 0 Å². The lowest BCUT2D eigenvalue weighted by molar-refractivity contribution is -0.150. The standard InChI is InChI=1S/C11H9NO6/c1-17-5-3-2-4-6-8(5)12-9(18-6)7(10(13)14)11(15)16/h2-4,7H,1H3,(H,13,14)(H,15,16). The quantitative estimate of drug-likeness (QED) is 0.782. The van der Waals surface area contributed by atoms with Gasteiger partial charge in [0, 0.05) is 0 Å². The molecule has 18 heavy (non-hydrogen) atoms. The second kappa shape index (κ2) is 4.36. The molecule has 0 saturated carbocycles. The number of nitrogens with zero attached hydrogens (tertiary/aromatic N) is 1. The van der Waals surface area contributed by atoms with E-state index in [1.807, 2.05) is 0 Å². The van der Waals surface area contributed by atoms with Gasteiger partial charge in [-0.3, -0.25) is 9.59 Å². The molecule has 2 aromatic rings. The Bertz CT molecular complexity index is 603. The van der Waals surface area contributed by atoms with Gasteiger partial charge in [-0.1, -0.05) is 6.07 Å². The van der Waals surface area contributed by atoms with Crippen molar-refractivity contribution in [2.45, 2.75) is 5.92 Å². The van der Waals surface area contributed by atoms with Crippen molar-refractivity contribution in [1.82, 2.24) is 4.98 Å². The van der Waals surface area contributed by atoms with Gasteiger partial charge in [-0.25, -0.2) is 4.98 Å². The Kier molecular flexibility index (Phi) is 2.88. The van der Waals surface area contributed by atoms with Crippen LogP contribution in [0.2, 0.25) is 0 Å². The third kappa shape index (κ3) is 1.86. The number of rotatable bonds is 4. The van der Waals surface area contributed by atoms with Crippen LogP contribution in [0.15, 0.2) is 22.6 Å². The Morgan fingerprint density at radius 2 is 2.00 bits per heavy atom. The van der Waals surface area contributed by atoms with Crippen molar-refractivity contribution >= 4 is 23.0 Å². The summed E-state index contributed by atoms with van der Waals surface area (Å²) in [6.45, 7) is 0. The Labute approximate surface area is 101 Å². The first-order chi connectivity index (χ1) is 8.54. The number of aromatic nitrogens is 1. The number of ether oxygens (including phenoxy) is 1. The molecule has 1 heterocycles. The van der Waals surface area contributed by atoms with Crippen LogP contribution < -0.4 is 4.74 Å². The van der Waals surface area contributed by atoms with Crippen molar-refractivity contribution in [1.29, 1.82) is 0 Å². The highest BCUT2D eigenvalue weighted by Gasteiger charge is 2.33. The highest BCUT2D eigenvalue weighted by Crippen LogP contribution is 2.28. The van der Waals surface area contributed by atoms with Gasteiger partial charge in [0.2, 0.25) is 11.8 Å². The van der Waals surface area contributed by atoms with Crippen LogP contribution in [0.4, 0.5) is 0 Å². The summed E-state index contributed by atoms with van der Waals surface area (Å²) in [4.78, 5) is 25.6. The lowest BCUT2D eigenvalue weighted by atomic mass is 10.1. The van der Waals surface area contributed by atoms with E-state index in [2.05, 4.69) is 4.98 Å². The second-order valence-electron chi connectivity index (χ2n) is 3.47. The number of hydrogen-bond donors (Lipinski definition) is 2. The molecule has 2 N–H and O–H groups in total. The summed E-state index contributed by atoms with van der Waals surface area (Å²) >= 11 is 0. The molecule has 0 atom stereocenters. The number of methoxy groups -OCH3 is 1. The highest BCUT2D eigenvalue weighted by molar-refractivity contribution is 5.98. The first-order valence-corrected chi connectivity index (χ1v) is 4.93. The van der Waals surface area contributed by atoms with Crippen LogP contribution in [0.25, 0.3) is 11.1 Å². The number of fused-ring (bicyclic) bond motifs is 1. The molecule has 0 aliphatic rings. The van der Waals surface area contributed by atoms with E-state index in [9.17, 15) is 9.59 Å². The molecule has 0 amide bonds. The van der Waals surface area contributed by atoms with Gasteiger partial charge in [-0.05, 0) is 12.1 Å². The predicted molar refractivity (Wildman–Crippen MR) is 58.6 cm³/mol. The molecule has 1 aromatic carbocycles. The van der Waals surface area contributed by atoms with Crippen LogP contribution in [-0.4, -0.2) is 34.2 Å². The molecule has 0 fully saturated rings. The summed E-state index contributed by atoms with van der Waals surface area (Å²) < 4.78 is 10.2. The van der Waals surface area contributed by atoms with Gasteiger partial charge in [-0.2, -0.15) is 0 Å². The van der Waals surface area contributed by atoms with E-state index in [4.69, 9.17) is 19.4 Å². The van der Waals surface area contributed by atoms with Crippen LogP contribution in [0, 0.1) is 0 Å². The first-order valence-electron chi connectivity index (χ1n) is 4.93. The highest BCUT2D eigenvalue weighted by atomic mass is 16.5. The summed E-state index contributed by atoms with van der Waals surface area (Å²) in [6.07, 6.45) is 0. The lowest BCUT2D eigenvalue weighted by Crippen LogP contribution is -2.21. The maximum absolute atomic E-state index is 10.9. The average Bonchev–Trinajstić information content (AvgIpc) is 2.70. The number of aliphatic carboxylic acids is 2. The summed E-state index contributed by atoms with van der Waals surface area (Å²) in [5.74, 6) is -4.89. The molecule has 94 valence electrons. The number of oxazole rings is 1. The summed E-state index contributed by atoms with van der Waals surface area (Å²) in [7, 11) is 1.43. The van der Waals surface area contributed by atoms with Gasteiger partial charge in [0.05, 0.1) is 7.11 Å². The van der Waals surface area contributed by atoms with Crippen LogP contribution in [0.5, 0.6) is 5.75 Å². The maximum Gasteiger partial charge on any atom is 0.327 e. The Balaban J connectivity index is 2.59. The third-order valence-electron chi connectivity index (χ3n) is 2.36. The topological polar surface area (TPSA) is 110 Å². The zero-order valence-electron chi connectivity index (χ0n) is 9.28. The fourth-order valence-corrected chi connectivity index (χ4v) is 1.55. The monoisotopic (exact) mass is 251 g/mol. The molecule has 0 saturated heterocycles. The molecule has 7 nitrogen and oxygen atoms in total. The predicted octanol–water partition coefficient (Wildman–Crippen LogP) is 1.09. The minimum atomic E-state index is -1.83. The SMILES string of the molecule is COc1cccc2oc(C(C(=O)O)C(=O)O)nc12. The van der Waals surface area contributed by atoms with E-state index in [0.29, 0.717) is 11.3 Å². The zero-order valence-corrected chi connectivity index (χ0v) is 9.28. The lowest BCUT2D eigenvalue weighted by Gasteiger charge is -2.00. The molecule has 0 spiro atoms. The van der Waals surface area contributed by atoms with Crippen LogP contribution >= 0.6 is 0 Å². The van der Waals surface area contributed by atoms with E-state index in [1.165, 1.54) is 7.11 Å². The van der Waals surface area contributed by atoms with Crippen LogP contribution in [0.3, 0.4) is 0 Å². The minimum absolute atomic E-state index is 0.275. The normalized spacial score (nSPS) is 10.8. The minimum Gasteiger partial charge on any atom is -0.494 e. The van der Waals surface area contributed by atoms with E-state index in [1.54, 1.807) is 18.2 Å². The van der Waals surface area contributed by atoms with Crippen LogP contribution in [0.1, 0.15) is 11.8 Å². The van der Waals surface area contributed by atoms with E-state index in [-0.39, 0.29) is 11.5 Å². The molecule has 2 rings (SSSR count). The van der Waals surface area contributed by atoms with Crippen molar-refractivity contribution < 1.29 is 29.0 Å². The fourth-order valence-electron chi connectivity index (χ4n) is 1.55. The molecule has 0 bridgehead atoms. The van der Waals surface area contributed by atoms with Crippen LogP contribution in [-0.2, 0) is 9.59 Å². The second-order valence-corrected chi connectivity index (χ2v) is 3.47. The first kappa shape index (κ1) is 11.9. The Morgan fingerprint density at radius 3 is 2.56 bits per heavy atom. The van der Waals surface area contributed by atoms with Crippen molar-refractivity contribution in [3.05, 3.63) is 24.1 Å². The van der Waals surface area contributed by atoms with Crippen molar-refractivity contribution in [3.63, 3.8) is 0 Å². The Hall–Kier alpha value is -2.57. The smallest absolute Gasteiger partial charge is 0.327 e. The molecule has 0 unspecified atom stereocenters. The zero-order chi connectivity index (χ0) is 13.3. The summed E-state index contributed by atoms with van der Waals surface area (Å²) in [5, 5.41) is 17.7. The molecular formula is C11H9NO6. The van der Waals surface area contributed by atoms with Gasteiger partial charge in [0.15, 0.2) is 11.1 Å². The van der Waals surface area contributed by atoms with Gasteiger partial charge < -0.3 is 19.4 Å². The third-order valence-corrected chi connectivity index (χ3v) is 2.36. The molecule has 7 heteroatoms. The molecule has 1 aromatic heterocycles. The molecule has 0 aliphatic carbocycles. The van der Waals surface area contributed by atoms with Gasteiger partial charge in [-0.15, -0.1) is 0 Å². The summed E-state index contributed by atoms with van der Waals surface area (Å²) in [6, 6.07) is 4.80. The van der Waals surface area contributed by atoms with E-state index >= 15 is 0 Å². The molecule has 0 radical (unpaired) electrons. The number of carboxylic acids is 2. The fraction of sp³-hybridized carbons (Fsp3) is 0.182. The summed E-state index contributed by atoms with van der Waals surface area (Å²) in [5.41, 5.74) is 0.569. The maximum atomic E-state index is 10.9. The number of para-hydroxylation sites is 1. The average molecular weight is 251 g/mol. The largest absolute Gasteiger partial charge is 0.494 e. The molecule has 0 aliphatic heterocycles. The van der Waals surface area contributed by atoms with Crippen molar-refractivity contribution in [2.24, 2.45) is 0 Å². The number of benzene rings is 1. The number of hydrogen-bond acceptors (Lipinski definition) is 5. The van der Waals surface area contributed by atoms with E-state index in [0.717, 1.165) is 0 Å². The van der Waals surface area contributed by atoms with Gasteiger partial charge >= 0.3 is 11.9 Å². The van der Waals surface area contributed by atoms with Crippen molar-refractivity contribution in [2.75, 3.05) is 7.11 Å². The number of carbonyl (C=O) groups is 2. The van der Waals surface area contributed by atoms with Gasteiger partial charge in [0.1, 0.15) is 5.75 Å². The van der Waals surface area contributed by atoms with E-state index < -0.39 is 17.9 Å². The molecular weight excluding hydrogens is 242 g/mol.